The van der Waals surface area contributed by atoms with Gasteiger partial charge in [0.05, 0.1) is 22.8 Å². The van der Waals surface area contributed by atoms with Crippen LogP contribution >= 0.6 is 0 Å². The maximum absolute atomic E-state index is 4.81. The Balaban J connectivity index is 1.17. The van der Waals surface area contributed by atoms with Crippen molar-refractivity contribution in [1.29, 1.82) is 0 Å². The Labute approximate surface area is 268 Å². The van der Waals surface area contributed by atoms with Crippen molar-refractivity contribution in [3.63, 3.8) is 0 Å². The number of aromatic amines is 2. The first-order chi connectivity index (χ1) is 22.8. The largest absolute Gasteiger partial charge is 0.277 e. The van der Waals surface area contributed by atoms with Gasteiger partial charge in [0.25, 0.3) is 0 Å². The van der Waals surface area contributed by atoms with E-state index in [0.29, 0.717) is 0 Å². The van der Waals surface area contributed by atoms with Crippen molar-refractivity contribution < 1.29 is 0 Å². The van der Waals surface area contributed by atoms with Crippen LogP contribution < -0.4 is 0 Å². The van der Waals surface area contributed by atoms with E-state index in [-0.39, 0.29) is 0 Å². The van der Waals surface area contributed by atoms with Crippen molar-refractivity contribution in [3.8, 4) is 45.0 Å². The third-order valence-corrected chi connectivity index (χ3v) is 8.68. The van der Waals surface area contributed by atoms with Crippen molar-refractivity contribution in [2.75, 3.05) is 0 Å². The molecule has 2 aromatic heterocycles. The van der Waals surface area contributed by atoms with Crippen LogP contribution in [0.4, 0.5) is 0 Å². The SMILES string of the molecule is c1ccc(-c2n[nH]c(-c3ccccc3)c2Cc2ccc3ccc(Cc4c(-c5ccccc5)n[nH]c4-c4ccccc4)cc3c2)cc1. The van der Waals surface area contributed by atoms with Crippen molar-refractivity contribution in [2.45, 2.75) is 12.8 Å². The van der Waals surface area contributed by atoms with E-state index >= 15 is 0 Å². The number of hydrogen-bond acceptors (Lipinski definition) is 2. The van der Waals surface area contributed by atoms with Crippen LogP contribution in [0.2, 0.25) is 0 Å². The lowest BCUT2D eigenvalue weighted by molar-refractivity contribution is 1.10. The number of aromatic nitrogens is 4. The standard InChI is InChI=1S/C42H32N4/c1-5-13-32(14-6-1)39-37(40(44-43-39)33-15-7-2-8-16-33)27-29-21-23-31-24-22-30(26-36(31)25-29)28-38-41(34-17-9-3-10-18-34)45-46-42(38)35-19-11-4-12-20-35/h1-26H,27-28H2,(H,43,44)(H,45,46). The second kappa shape index (κ2) is 12.2. The molecule has 220 valence electrons. The van der Waals surface area contributed by atoms with Gasteiger partial charge in [0.1, 0.15) is 0 Å². The number of fused-ring (bicyclic) bond motifs is 1. The van der Waals surface area contributed by atoms with Crippen molar-refractivity contribution in [2.24, 2.45) is 0 Å². The summed E-state index contributed by atoms with van der Waals surface area (Å²) < 4.78 is 0. The molecule has 2 N–H and O–H groups in total. The number of benzene rings is 6. The van der Waals surface area contributed by atoms with Crippen LogP contribution in [-0.2, 0) is 12.8 Å². The van der Waals surface area contributed by atoms with Crippen molar-refractivity contribution in [1.82, 2.24) is 20.4 Å². The van der Waals surface area contributed by atoms with E-state index in [1.54, 1.807) is 0 Å². The van der Waals surface area contributed by atoms with Gasteiger partial charge in [-0.2, -0.15) is 10.2 Å². The van der Waals surface area contributed by atoms with Gasteiger partial charge in [-0.25, -0.2) is 0 Å². The molecule has 0 atom stereocenters. The predicted molar refractivity (Wildman–Crippen MR) is 188 cm³/mol. The van der Waals surface area contributed by atoms with E-state index < -0.39 is 0 Å². The predicted octanol–water partition coefficient (Wildman–Crippen LogP) is 10.1. The van der Waals surface area contributed by atoms with E-state index in [1.807, 2.05) is 24.3 Å². The minimum atomic E-state index is 0.767. The molecule has 46 heavy (non-hydrogen) atoms. The maximum Gasteiger partial charge on any atom is 0.0962 e. The van der Waals surface area contributed by atoms with E-state index in [4.69, 9.17) is 10.2 Å². The van der Waals surface area contributed by atoms with Gasteiger partial charge in [0.2, 0.25) is 0 Å². The molecule has 8 aromatic rings. The Morgan fingerprint density at radius 3 is 1.13 bits per heavy atom. The van der Waals surface area contributed by atoms with Gasteiger partial charge in [0, 0.05) is 35.1 Å². The van der Waals surface area contributed by atoms with Crippen LogP contribution in [0, 0.1) is 0 Å². The molecule has 2 heterocycles. The van der Waals surface area contributed by atoms with Crippen LogP contribution in [0.15, 0.2) is 158 Å². The Bertz CT molecular complexity index is 1960. The Morgan fingerprint density at radius 2 is 0.739 bits per heavy atom. The smallest absolute Gasteiger partial charge is 0.0962 e. The topological polar surface area (TPSA) is 57.4 Å². The highest BCUT2D eigenvalue weighted by Crippen LogP contribution is 2.35. The van der Waals surface area contributed by atoms with E-state index in [1.165, 1.54) is 33.0 Å². The van der Waals surface area contributed by atoms with Crippen LogP contribution in [0.3, 0.4) is 0 Å². The van der Waals surface area contributed by atoms with Gasteiger partial charge in [-0.05, 0) is 33.0 Å². The molecular formula is C42H32N4. The summed E-state index contributed by atoms with van der Waals surface area (Å²) in [5, 5.41) is 18.8. The molecule has 8 rings (SSSR count). The second-order valence-corrected chi connectivity index (χ2v) is 11.7. The average molecular weight is 593 g/mol. The molecule has 0 saturated carbocycles. The van der Waals surface area contributed by atoms with Gasteiger partial charge >= 0.3 is 0 Å². The highest BCUT2D eigenvalue weighted by atomic mass is 15.1. The summed E-state index contributed by atoms with van der Waals surface area (Å²) in [4.78, 5) is 0. The summed E-state index contributed by atoms with van der Waals surface area (Å²) in [6, 6.07) is 55.5. The lowest BCUT2D eigenvalue weighted by Gasteiger charge is -2.11. The quantitative estimate of drug-likeness (QED) is 0.184. The molecule has 0 fully saturated rings. The number of H-pyrrole nitrogens is 2. The van der Waals surface area contributed by atoms with E-state index in [0.717, 1.165) is 57.9 Å². The molecule has 0 unspecified atom stereocenters. The highest BCUT2D eigenvalue weighted by molar-refractivity contribution is 5.85. The zero-order chi connectivity index (χ0) is 30.7. The maximum atomic E-state index is 4.81. The summed E-state index contributed by atoms with van der Waals surface area (Å²) in [6.07, 6.45) is 1.53. The Kier molecular flexibility index (Phi) is 7.29. The fourth-order valence-corrected chi connectivity index (χ4v) is 6.41. The molecule has 4 nitrogen and oxygen atoms in total. The molecule has 0 aliphatic rings. The van der Waals surface area contributed by atoms with Gasteiger partial charge in [-0.3, -0.25) is 10.2 Å². The molecule has 0 radical (unpaired) electrons. The summed E-state index contributed by atoms with van der Waals surface area (Å²) in [6.45, 7) is 0. The zero-order valence-electron chi connectivity index (χ0n) is 25.3. The Morgan fingerprint density at radius 1 is 0.370 bits per heavy atom. The van der Waals surface area contributed by atoms with Crippen LogP contribution in [0.1, 0.15) is 22.3 Å². The first kappa shape index (κ1) is 27.5. The summed E-state index contributed by atoms with van der Waals surface area (Å²) >= 11 is 0. The first-order valence-corrected chi connectivity index (χ1v) is 15.7. The van der Waals surface area contributed by atoms with Gasteiger partial charge < -0.3 is 0 Å². The first-order valence-electron chi connectivity index (χ1n) is 15.7. The molecular weight excluding hydrogens is 560 g/mol. The fraction of sp³-hybridized carbons (Fsp3) is 0.0476. The lowest BCUT2D eigenvalue weighted by atomic mass is 9.93. The van der Waals surface area contributed by atoms with E-state index in [9.17, 15) is 0 Å². The summed E-state index contributed by atoms with van der Waals surface area (Å²) in [7, 11) is 0. The Hall–Kier alpha value is -6.00. The zero-order valence-corrected chi connectivity index (χ0v) is 25.3. The van der Waals surface area contributed by atoms with Gasteiger partial charge in [-0.1, -0.05) is 158 Å². The minimum Gasteiger partial charge on any atom is -0.277 e. The lowest BCUT2D eigenvalue weighted by Crippen LogP contribution is -1.95. The van der Waals surface area contributed by atoms with Gasteiger partial charge in [-0.15, -0.1) is 0 Å². The molecule has 0 aliphatic carbocycles. The van der Waals surface area contributed by atoms with Gasteiger partial charge in [0.15, 0.2) is 0 Å². The monoisotopic (exact) mass is 592 g/mol. The number of nitrogens with one attached hydrogen (secondary N) is 2. The number of hydrogen-bond donors (Lipinski definition) is 2. The van der Waals surface area contributed by atoms with Crippen molar-refractivity contribution >= 4 is 10.8 Å². The molecule has 0 bridgehead atoms. The summed E-state index contributed by atoms with van der Waals surface area (Å²) in [5.74, 6) is 0. The normalized spacial score (nSPS) is 11.2. The molecule has 6 aromatic carbocycles. The molecule has 0 saturated heterocycles. The highest BCUT2D eigenvalue weighted by Gasteiger charge is 2.19. The molecule has 0 amide bonds. The number of nitrogens with zero attached hydrogens (tertiary/aromatic N) is 2. The van der Waals surface area contributed by atoms with E-state index in [2.05, 4.69) is 144 Å². The van der Waals surface area contributed by atoms with Crippen molar-refractivity contribution in [3.05, 3.63) is 180 Å². The van der Waals surface area contributed by atoms with Crippen LogP contribution in [0.25, 0.3) is 55.8 Å². The fourth-order valence-electron chi connectivity index (χ4n) is 6.41. The molecule has 0 spiro atoms. The molecule has 4 heteroatoms. The third kappa shape index (κ3) is 5.42. The summed E-state index contributed by atoms with van der Waals surface area (Å²) in [5.41, 5.74) is 13.5. The third-order valence-electron chi connectivity index (χ3n) is 8.68. The minimum absolute atomic E-state index is 0.767. The average Bonchev–Trinajstić information content (AvgIpc) is 3.74. The van der Waals surface area contributed by atoms with Crippen LogP contribution in [0.5, 0.6) is 0 Å². The second-order valence-electron chi connectivity index (χ2n) is 11.7. The van der Waals surface area contributed by atoms with Crippen LogP contribution in [-0.4, -0.2) is 20.4 Å². The number of rotatable bonds is 8. The molecule has 0 aliphatic heterocycles.